The van der Waals surface area contributed by atoms with Crippen LogP contribution in [0.25, 0.3) is 0 Å². The average Bonchev–Trinajstić information content (AvgIpc) is 2.41. The van der Waals surface area contributed by atoms with Crippen molar-refractivity contribution >= 4 is 11.8 Å². The molecule has 0 radical (unpaired) electrons. The van der Waals surface area contributed by atoms with E-state index in [0.717, 1.165) is 25.7 Å². The number of carboxylic acids is 1. The summed E-state index contributed by atoms with van der Waals surface area (Å²) in [4.78, 5) is 10.6. The van der Waals surface area contributed by atoms with E-state index in [9.17, 15) is 9.90 Å². The van der Waals surface area contributed by atoms with Crippen LogP contribution in [0, 0.1) is 5.92 Å². The molecule has 6 nitrogen and oxygen atoms in total. The summed E-state index contributed by atoms with van der Waals surface area (Å²) in [7, 11) is 0. The maximum absolute atomic E-state index is 10.6. The summed E-state index contributed by atoms with van der Waals surface area (Å²) in [6, 6.07) is 2.95. The fourth-order valence-corrected chi connectivity index (χ4v) is 2.27. The highest BCUT2D eigenvalue weighted by Crippen LogP contribution is 2.31. The first-order valence-corrected chi connectivity index (χ1v) is 6.52. The molecular formula is C13H19N3O3. The Bertz CT molecular complexity index is 439. The summed E-state index contributed by atoms with van der Waals surface area (Å²) in [6.07, 6.45) is 3.62. The molecule has 0 atom stereocenters. The van der Waals surface area contributed by atoms with Gasteiger partial charge in [0.15, 0.2) is 5.69 Å². The lowest BCUT2D eigenvalue weighted by Crippen LogP contribution is -2.40. The van der Waals surface area contributed by atoms with Crippen LogP contribution in [0.3, 0.4) is 0 Å². The summed E-state index contributed by atoms with van der Waals surface area (Å²) in [6.45, 7) is 2.62. The number of anilines is 1. The Kier molecular flexibility index (Phi) is 3.99. The molecule has 0 unspecified atom stereocenters. The van der Waals surface area contributed by atoms with Gasteiger partial charge in [-0.15, -0.1) is 10.2 Å². The SMILES string of the molecule is CC1CCC(O)(CNc2ccc(C(=O)O)nn2)CC1. The zero-order valence-electron chi connectivity index (χ0n) is 11.0. The molecule has 3 N–H and O–H groups in total. The number of aromatic carboxylic acids is 1. The fourth-order valence-electron chi connectivity index (χ4n) is 2.27. The zero-order valence-corrected chi connectivity index (χ0v) is 11.0. The molecule has 1 aliphatic carbocycles. The molecule has 19 heavy (non-hydrogen) atoms. The highest BCUT2D eigenvalue weighted by molar-refractivity contribution is 5.85. The molecule has 1 aromatic rings. The maximum atomic E-state index is 10.6. The van der Waals surface area contributed by atoms with Crippen molar-refractivity contribution in [3.8, 4) is 0 Å². The Labute approximate surface area is 111 Å². The molecule has 0 bridgehead atoms. The number of nitrogens with zero attached hydrogens (tertiary/aromatic N) is 2. The zero-order chi connectivity index (χ0) is 13.9. The van der Waals surface area contributed by atoms with Crippen LogP contribution in [0.5, 0.6) is 0 Å². The van der Waals surface area contributed by atoms with Crippen molar-refractivity contribution in [1.82, 2.24) is 10.2 Å². The van der Waals surface area contributed by atoms with Crippen molar-refractivity contribution in [3.05, 3.63) is 17.8 Å². The summed E-state index contributed by atoms with van der Waals surface area (Å²) >= 11 is 0. The third-order valence-electron chi connectivity index (χ3n) is 3.69. The molecule has 0 spiro atoms. The number of nitrogens with one attached hydrogen (secondary N) is 1. The topological polar surface area (TPSA) is 95.3 Å². The van der Waals surface area contributed by atoms with E-state index >= 15 is 0 Å². The highest BCUT2D eigenvalue weighted by atomic mass is 16.4. The van der Waals surface area contributed by atoms with Gasteiger partial charge < -0.3 is 15.5 Å². The summed E-state index contributed by atoms with van der Waals surface area (Å²) in [5.74, 6) is 0.0610. The van der Waals surface area contributed by atoms with Gasteiger partial charge in [0.25, 0.3) is 0 Å². The lowest BCUT2D eigenvalue weighted by Gasteiger charge is -2.35. The number of carbonyl (C=O) groups is 1. The van der Waals surface area contributed by atoms with Crippen LogP contribution >= 0.6 is 0 Å². The van der Waals surface area contributed by atoms with E-state index in [-0.39, 0.29) is 5.69 Å². The maximum Gasteiger partial charge on any atom is 0.356 e. The second kappa shape index (κ2) is 5.52. The van der Waals surface area contributed by atoms with Crippen LogP contribution in [0.1, 0.15) is 43.1 Å². The first kappa shape index (κ1) is 13.7. The molecule has 2 rings (SSSR count). The van der Waals surface area contributed by atoms with Crippen LogP contribution in [0.4, 0.5) is 5.82 Å². The first-order valence-electron chi connectivity index (χ1n) is 6.52. The van der Waals surface area contributed by atoms with E-state index in [1.165, 1.54) is 6.07 Å². The summed E-state index contributed by atoms with van der Waals surface area (Å²) in [5, 5.41) is 29.5. The van der Waals surface area contributed by atoms with Gasteiger partial charge in [-0.1, -0.05) is 6.92 Å². The van der Waals surface area contributed by atoms with E-state index in [2.05, 4.69) is 22.4 Å². The molecule has 1 aromatic heterocycles. The normalized spacial score (nSPS) is 26.9. The van der Waals surface area contributed by atoms with E-state index in [4.69, 9.17) is 5.11 Å². The lowest BCUT2D eigenvalue weighted by atomic mass is 9.79. The quantitative estimate of drug-likeness (QED) is 0.764. The smallest absolute Gasteiger partial charge is 0.356 e. The Morgan fingerprint density at radius 2 is 2.11 bits per heavy atom. The van der Waals surface area contributed by atoms with Crippen molar-refractivity contribution in [2.45, 2.75) is 38.2 Å². The monoisotopic (exact) mass is 265 g/mol. The van der Waals surface area contributed by atoms with Crippen molar-refractivity contribution in [3.63, 3.8) is 0 Å². The van der Waals surface area contributed by atoms with E-state index < -0.39 is 11.6 Å². The van der Waals surface area contributed by atoms with Gasteiger partial charge in [0, 0.05) is 6.54 Å². The van der Waals surface area contributed by atoms with Crippen LogP contribution < -0.4 is 5.32 Å². The number of rotatable bonds is 4. The van der Waals surface area contributed by atoms with Crippen molar-refractivity contribution in [2.24, 2.45) is 5.92 Å². The Balaban J connectivity index is 1.89. The largest absolute Gasteiger partial charge is 0.476 e. The second-order valence-electron chi connectivity index (χ2n) is 5.37. The van der Waals surface area contributed by atoms with Crippen molar-refractivity contribution in [1.29, 1.82) is 0 Å². The average molecular weight is 265 g/mol. The van der Waals surface area contributed by atoms with E-state index in [1.54, 1.807) is 6.07 Å². The molecule has 1 fully saturated rings. The van der Waals surface area contributed by atoms with E-state index in [1.807, 2.05) is 0 Å². The predicted molar refractivity (Wildman–Crippen MR) is 70.1 cm³/mol. The van der Waals surface area contributed by atoms with Gasteiger partial charge in [0.05, 0.1) is 5.60 Å². The Morgan fingerprint density at radius 3 is 2.63 bits per heavy atom. The van der Waals surface area contributed by atoms with E-state index in [0.29, 0.717) is 18.3 Å². The van der Waals surface area contributed by atoms with Crippen molar-refractivity contribution in [2.75, 3.05) is 11.9 Å². The van der Waals surface area contributed by atoms with Gasteiger partial charge in [-0.3, -0.25) is 0 Å². The number of hydrogen-bond acceptors (Lipinski definition) is 5. The minimum atomic E-state index is -1.10. The number of aliphatic hydroxyl groups is 1. The van der Waals surface area contributed by atoms with Crippen LogP contribution in [0.15, 0.2) is 12.1 Å². The van der Waals surface area contributed by atoms with Crippen LogP contribution in [0.2, 0.25) is 0 Å². The molecule has 1 heterocycles. The molecule has 6 heteroatoms. The minimum Gasteiger partial charge on any atom is -0.476 e. The van der Waals surface area contributed by atoms with Crippen LogP contribution in [-0.4, -0.2) is 38.5 Å². The molecule has 1 aliphatic rings. The first-order chi connectivity index (χ1) is 8.98. The number of hydrogen-bond donors (Lipinski definition) is 3. The Morgan fingerprint density at radius 1 is 1.42 bits per heavy atom. The summed E-state index contributed by atoms with van der Waals surface area (Å²) < 4.78 is 0. The number of carboxylic acid groups (broad SMARTS) is 1. The van der Waals surface area contributed by atoms with Gasteiger partial charge in [0.1, 0.15) is 5.82 Å². The molecule has 0 aliphatic heterocycles. The highest BCUT2D eigenvalue weighted by Gasteiger charge is 2.31. The van der Waals surface area contributed by atoms with Gasteiger partial charge >= 0.3 is 5.97 Å². The van der Waals surface area contributed by atoms with Crippen LogP contribution in [-0.2, 0) is 0 Å². The molecule has 0 aromatic carbocycles. The fraction of sp³-hybridized carbons (Fsp3) is 0.615. The minimum absolute atomic E-state index is 0.0873. The standard InChI is InChI=1S/C13H19N3O3/c1-9-4-6-13(19,7-5-9)8-14-11-3-2-10(12(17)18)15-16-11/h2-3,9,19H,4-8H2,1H3,(H,14,16)(H,17,18). The molecule has 0 saturated heterocycles. The third-order valence-corrected chi connectivity index (χ3v) is 3.69. The number of aromatic nitrogens is 2. The van der Waals surface area contributed by atoms with Crippen molar-refractivity contribution < 1.29 is 15.0 Å². The van der Waals surface area contributed by atoms with Gasteiger partial charge in [-0.05, 0) is 43.7 Å². The molecule has 1 saturated carbocycles. The summed E-state index contributed by atoms with van der Waals surface area (Å²) in [5.41, 5.74) is -0.782. The molecule has 104 valence electrons. The van der Waals surface area contributed by atoms with Gasteiger partial charge in [-0.25, -0.2) is 4.79 Å². The third kappa shape index (κ3) is 3.64. The van der Waals surface area contributed by atoms with Gasteiger partial charge in [0.2, 0.25) is 0 Å². The molecular weight excluding hydrogens is 246 g/mol. The molecule has 0 amide bonds. The Hall–Kier alpha value is -1.69. The predicted octanol–water partition coefficient (Wildman–Crippen LogP) is 1.53. The van der Waals surface area contributed by atoms with Gasteiger partial charge in [-0.2, -0.15) is 0 Å². The second-order valence-corrected chi connectivity index (χ2v) is 5.37. The lowest BCUT2D eigenvalue weighted by molar-refractivity contribution is 0.00492.